The molecule has 1 saturated carbocycles. The van der Waals surface area contributed by atoms with Gasteiger partial charge in [0.05, 0.1) is 24.9 Å². The van der Waals surface area contributed by atoms with Crippen molar-refractivity contribution >= 4 is 0 Å². The molecule has 0 radical (unpaired) electrons. The minimum Gasteiger partial charge on any atom is -0.390 e. The van der Waals surface area contributed by atoms with Gasteiger partial charge < -0.3 is 14.6 Å². The Labute approximate surface area is 130 Å². The number of ether oxygens (including phenoxy) is 2. The maximum absolute atomic E-state index is 10.4. The Morgan fingerprint density at radius 3 is 2.05 bits per heavy atom. The summed E-state index contributed by atoms with van der Waals surface area (Å²) < 4.78 is 11.8. The fraction of sp³-hybridized carbons (Fsp3) is 1.00. The first-order valence-electron chi connectivity index (χ1n) is 9.27. The molecule has 124 valence electrons. The van der Waals surface area contributed by atoms with E-state index in [0.29, 0.717) is 6.61 Å². The second kappa shape index (κ2) is 10.6. The topological polar surface area (TPSA) is 38.7 Å². The molecule has 3 nitrogen and oxygen atoms in total. The first kappa shape index (κ1) is 17.2. The van der Waals surface area contributed by atoms with E-state index in [0.717, 1.165) is 32.3 Å². The van der Waals surface area contributed by atoms with Gasteiger partial charge in [0.1, 0.15) is 0 Å². The molecule has 1 heterocycles. The summed E-state index contributed by atoms with van der Waals surface area (Å²) in [6.45, 7) is 1.54. The minimum atomic E-state index is -0.284. The van der Waals surface area contributed by atoms with Crippen molar-refractivity contribution in [2.75, 3.05) is 13.2 Å². The van der Waals surface area contributed by atoms with Crippen LogP contribution in [0.3, 0.4) is 0 Å². The number of hydrogen-bond acceptors (Lipinski definition) is 3. The van der Waals surface area contributed by atoms with Crippen LogP contribution in [-0.4, -0.2) is 36.6 Å². The van der Waals surface area contributed by atoms with E-state index in [4.69, 9.17) is 9.47 Å². The highest BCUT2D eigenvalue weighted by Gasteiger charge is 2.22. The smallest absolute Gasteiger partial charge is 0.0835 e. The molecular weight excluding hydrogens is 264 g/mol. The van der Waals surface area contributed by atoms with Gasteiger partial charge >= 0.3 is 0 Å². The molecule has 2 aliphatic rings. The molecule has 1 aliphatic carbocycles. The van der Waals surface area contributed by atoms with Gasteiger partial charge in [-0.15, -0.1) is 0 Å². The van der Waals surface area contributed by atoms with E-state index in [1.54, 1.807) is 0 Å². The van der Waals surface area contributed by atoms with Gasteiger partial charge in [-0.2, -0.15) is 0 Å². The summed E-state index contributed by atoms with van der Waals surface area (Å²) in [4.78, 5) is 0. The lowest BCUT2D eigenvalue weighted by Gasteiger charge is -2.28. The number of aliphatic hydroxyl groups is 1. The summed E-state index contributed by atoms with van der Waals surface area (Å²) in [5, 5.41) is 10.4. The fourth-order valence-electron chi connectivity index (χ4n) is 3.50. The Bertz CT molecular complexity index is 251. The standard InChI is InChI=1S/C18H34O3/c19-17-12-7-5-3-1-2-4-6-8-13-18(17)21-15-16-11-9-10-14-20-16/h16-19H,1-15H2. The maximum Gasteiger partial charge on any atom is 0.0835 e. The van der Waals surface area contributed by atoms with Crippen LogP contribution in [0.1, 0.15) is 83.5 Å². The van der Waals surface area contributed by atoms with Crippen LogP contribution in [0.5, 0.6) is 0 Å². The predicted octanol–water partition coefficient (Wildman–Crippen LogP) is 4.22. The van der Waals surface area contributed by atoms with Crippen LogP contribution in [-0.2, 0) is 9.47 Å². The third-order valence-corrected chi connectivity index (χ3v) is 4.94. The minimum absolute atomic E-state index is 0.0231. The van der Waals surface area contributed by atoms with Crippen LogP contribution in [0.4, 0.5) is 0 Å². The second-order valence-electron chi connectivity index (χ2n) is 6.83. The lowest BCUT2D eigenvalue weighted by atomic mass is 9.97. The molecular formula is C18H34O3. The molecule has 21 heavy (non-hydrogen) atoms. The summed E-state index contributed by atoms with van der Waals surface area (Å²) in [6, 6.07) is 0. The maximum atomic E-state index is 10.4. The van der Waals surface area contributed by atoms with Gasteiger partial charge in [-0.1, -0.05) is 51.4 Å². The van der Waals surface area contributed by atoms with Crippen LogP contribution in [0, 0.1) is 0 Å². The predicted molar refractivity (Wildman–Crippen MR) is 85.5 cm³/mol. The van der Waals surface area contributed by atoms with Crippen molar-refractivity contribution in [1.29, 1.82) is 0 Å². The molecule has 3 atom stereocenters. The molecule has 0 aromatic rings. The first-order valence-corrected chi connectivity index (χ1v) is 9.27. The van der Waals surface area contributed by atoms with Crippen molar-refractivity contribution in [2.45, 2.75) is 102 Å². The summed E-state index contributed by atoms with van der Waals surface area (Å²) >= 11 is 0. The van der Waals surface area contributed by atoms with Crippen LogP contribution in [0.2, 0.25) is 0 Å². The average Bonchev–Trinajstić information content (AvgIpc) is 2.51. The quantitative estimate of drug-likeness (QED) is 0.848. The zero-order chi connectivity index (χ0) is 14.8. The molecule has 0 aromatic heterocycles. The first-order chi connectivity index (χ1) is 10.4. The van der Waals surface area contributed by atoms with E-state index < -0.39 is 0 Å². The molecule has 1 aliphatic heterocycles. The van der Waals surface area contributed by atoms with Gasteiger partial charge in [-0.3, -0.25) is 0 Å². The lowest BCUT2D eigenvalue weighted by molar-refractivity contribution is -0.0981. The van der Waals surface area contributed by atoms with E-state index >= 15 is 0 Å². The van der Waals surface area contributed by atoms with E-state index in [9.17, 15) is 5.11 Å². The van der Waals surface area contributed by atoms with Gasteiger partial charge in [-0.05, 0) is 32.1 Å². The summed E-state index contributed by atoms with van der Waals surface area (Å²) in [5.74, 6) is 0. The Balaban J connectivity index is 1.74. The molecule has 1 N–H and O–H groups in total. The third kappa shape index (κ3) is 7.12. The van der Waals surface area contributed by atoms with Crippen molar-refractivity contribution in [2.24, 2.45) is 0 Å². The molecule has 0 spiro atoms. The molecule has 0 aromatic carbocycles. The molecule has 1 saturated heterocycles. The van der Waals surface area contributed by atoms with Gasteiger partial charge in [0, 0.05) is 6.61 Å². The Morgan fingerprint density at radius 2 is 1.38 bits per heavy atom. The summed E-state index contributed by atoms with van der Waals surface area (Å²) in [6.07, 6.45) is 15.7. The second-order valence-corrected chi connectivity index (χ2v) is 6.83. The SMILES string of the molecule is OC1CCCCCCCCCCC1OCC1CCCCO1. The highest BCUT2D eigenvalue weighted by molar-refractivity contribution is 4.72. The Kier molecular flexibility index (Phi) is 8.68. The van der Waals surface area contributed by atoms with Gasteiger partial charge in [0.15, 0.2) is 0 Å². The molecule has 0 bridgehead atoms. The summed E-state index contributed by atoms with van der Waals surface area (Å²) in [5.41, 5.74) is 0. The van der Waals surface area contributed by atoms with Gasteiger partial charge in [0.2, 0.25) is 0 Å². The molecule has 3 unspecified atom stereocenters. The lowest BCUT2D eigenvalue weighted by Crippen LogP contribution is -2.34. The van der Waals surface area contributed by atoms with Crippen molar-refractivity contribution in [3.63, 3.8) is 0 Å². The Hall–Kier alpha value is -0.120. The zero-order valence-corrected chi connectivity index (χ0v) is 13.6. The molecule has 3 heteroatoms. The van der Waals surface area contributed by atoms with Crippen molar-refractivity contribution in [3.8, 4) is 0 Å². The average molecular weight is 298 g/mol. The molecule has 2 rings (SSSR count). The van der Waals surface area contributed by atoms with Crippen LogP contribution < -0.4 is 0 Å². The zero-order valence-electron chi connectivity index (χ0n) is 13.6. The highest BCUT2D eigenvalue weighted by atomic mass is 16.5. The van der Waals surface area contributed by atoms with E-state index in [1.807, 2.05) is 0 Å². The molecule has 0 amide bonds. The van der Waals surface area contributed by atoms with Gasteiger partial charge in [-0.25, -0.2) is 0 Å². The fourth-order valence-corrected chi connectivity index (χ4v) is 3.50. The number of hydrogen-bond donors (Lipinski definition) is 1. The number of aliphatic hydroxyl groups excluding tert-OH is 1. The van der Waals surface area contributed by atoms with Crippen molar-refractivity contribution in [3.05, 3.63) is 0 Å². The molecule has 2 fully saturated rings. The van der Waals surface area contributed by atoms with E-state index in [-0.39, 0.29) is 18.3 Å². The largest absolute Gasteiger partial charge is 0.390 e. The number of rotatable bonds is 3. The van der Waals surface area contributed by atoms with Crippen LogP contribution in [0.15, 0.2) is 0 Å². The third-order valence-electron chi connectivity index (χ3n) is 4.94. The monoisotopic (exact) mass is 298 g/mol. The Morgan fingerprint density at radius 1 is 0.762 bits per heavy atom. The van der Waals surface area contributed by atoms with Crippen LogP contribution >= 0.6 is 0 Å². The summed E-state index contributed by atoms with van der Waals surface area (Å²) in [7, 11) is 0. The van der Waals surface area contributed by atoms with Crippen molar-refractivity contribution in [1.82, 2.24) is 0 Å². The highest BCUT2D eigenvalue weighted by Crippen LogP contribution is 2.21. The normalized spacial score (nSPS) is 33.9. The van der Waals surface area contributed by atoms with Crippen molar-refractivity contribution < 1.29 is 14.6 Å². The van der Waals surface area contributed by atoms with E-state index in [1.165, 1.54) is 57.8 Å². The van der Waals surface area contributed by atoms with Gasteiger partial charge in [0.25, 0.3) is 0 Å². The van der Waals surface area contributed by atoms with E-state index in [2.05, 4.69) is 0 Å². The van der Waals surface area contributed by atoms with Crippen LogP contribution in [0.25, 0.3) is 0 Å².